The van der Waals surface area contributed by atoms with Crippen molar-refractivity contribution in [2.24, 2.45) is 0 Å². The molecule has 10 heteroatoms. The molecular weight excluding hydrogens is 472 g/mol. The molecule has 0 spiro atoms. The maximum Gasteiger partial charge on any atom is 0.350 e. The minimum atomic E-state index is -0.997. The van der Waals surface area contributed by atoms with Crippen LogP contribution < -0.4 is 14.4 Å². The van der Waals surface area contributed by atoms with Crippen LogP contribution in [0.5, 0.6) is 11.5 Å². The first-order chi connectivity index (χ1) is 16.8. The first-order valence-corrected chi connectivity index (χ1v) is 11.3. The first kappa shape index (κ1) is 24.0. The number of thiazole rings is 1. The zero-order valence-electron chi connectivity index (χ0n) is 19.4. The average Bonchev–Trinajstić information content (AvgIpc) is 3.39. The number of ketones is 1. The smallest absolute Gasteiger partial charge is 0.350 e. The minimum absolute atomic E-state index is 0.110. The van der Waals surface area contributed by atoms with Gasteiger partial charge in [0.25, 0.3) is 5.78 Å². The van der Waals surface area contributed by atoms with Crippen molar-refractivity contribution in [3.05, 3.63) is 75.8 Å². The molecule has 2 heterocycles. The molecule has 1 amide bonds. The van der Waals surface area contributed by atoms with E-state index in [1.165, 1.54) is 26.2 Å². The number of aliphatic hydroxyl groups is 1. The largest absolute Gasteiger partial charge is 0.507 e. The number of aryl methyl sites for hydroxylation is 1. The summed E-state index contributed by atoms with van der Waals surface area (Å²) in [6, 6.07) is 12.3. The number of hydrogen-bond acceptors (Lipinski definition) is 9. The van der Waals surface area contributed by atoms with Crippen LogP contribution in [0, 0.1) is 6.92 Å². The standard InChI is InChI=1S/C25H22N2O7S/c1-13-22(24(31)34-4)35-25(26-13)27-19(14-8-10-16(32-2)11-9-14)18(21(29)23(27)30)20(28)15-6-5-7-17(12-15)33-3/h5-12,19,28H,1-4H3/t19-/m1/s1. The maximum absolute atomic E-state index is 13.3. The van der Waals surface area contributed by atoms with Gasteiger partial charge in [-0.2, -0.15) is 0 Å². The molecule has 2 aromatic carbocycles. The SMILES string of the molecule is COC(=O)c1sc(N2C(=O)C(=O)C(=C(O)c3cccc(OC)c3)[C@H]2c2ccc(OC)cc2)nc1C. The molecule has 0 bridgehead atoms. The number of methoxy groups -OCH3 is 3. The Hall–Kier alpha value is -4.18. The summed E-state index contributed by atoms with van der Waals surface area (Å²) >= 11 is 0.935. The lowest BCUT2D eigenvalue weighted by Gasteiger charge is -2.23. The second-order valence-electron chi connectivity index (χ2n) is 7.58. The Morgan fingerprint density at radius 2 is 1.71 bits per heavy atom. The molecule has 0 radical (unpaired) electrons. The average molecular weight is 495 g/mol. The molecule has 1 fully saturated rings. The number of esters is 1. The molecule has 180 valence electrons. The van der Waals surface area contributed by atoms with E-state index in [1.54, 1.807) is 55.5 Å². The second-order valence-corrected chi connectivity index (χ2v) is 8.55. The van der Waals surface area contributed by atoms with Crippen LogP contribution in [-0.2, 0) is 14.3 Å². The van der Waals surface area contributed by atoms with Crippen LogP contribution in [0.2, 0.25) is 0 Å². The Bertz CT molecular complexity index is 1340. The number of aromatic nitrogens is 1. The Labute approximate surface area is 205 Å². The molecule has 35 heavy (non-hydrogen) atoms. The number of hydrogen-bond donors (Lipinski definition) is 1. The van der Waals surface area contributed by atoms with Crippen molar-refractivity contribution in [2.75, 3.05) is 26.2 Å². The molecule has 1 aromatic heterocycles. The van der Waals surface area contributed by atoms with Crippen LogP contribution in [0.25, 0.3) is 5.76 Å². The summed E-state index contributed by atoms with van der Waals surface area (Å²) in [5, 5.41) is 11.4. The Morgan fingerprint density at radius 1 is 1.03 bits per heavy atom. The summed E-state index contributed by atoms with van der Waals surface area (Å²) in [7, 11) is 4.26. The summed E-state index contributed by atoms with van der Waals surface area (Å²) < 4.78 is 15.3. The number of rotatable bonds is 6. The number of ether oxygens (including phenoxy) is 3. The number of aliphatic hydroxyl groups excluding tert-OH is 1. The van der Waals surface area contributed by atoms with Crippen molar-refractivity contribution in [1.82, 2.24) is 4.98 Å². The number of amides is 1. The predicted octanol–water partition coefficient (Wildman–Crippen LogP) is 3.88. The third kappa shape index (κ3) is 4.24. The van der Waals surface area contributed by atoms with E-state index in [0.717, 1.165) is 11.3 Å². The van der Waals surface area contributed by atoms with Gasteiger partial charge in [-0.3, -0.25) is 14.5 Å². The van der Waals surface area contributed by atoms with E-state index in [1.807, 2.05) is 0 Å². The lowest BCUT2D eigenvalue weighted by molar-refractivity contribution is -0.132. The third-order valence-electron chi connectivity index (χ3n) is 5.58. The number of carbonyl (C=O) groups excluding carboxylic acids is 3. The van der Waals surface area contributed by atoms with Gasteiger partial charge in [0.05, 0.1) is 38.6 Å². The molecule has 1 saturated heterocycles. The highest BCUT2D eigenvalue weighted by atomic mass is 32.1. The monoisotopic (exact) mass is 494 g/mol. The molecule has 1 aliphatic heterocycles. The molecule has 0 saturated carbocycles. The number of Topliss-reactive ketones (excluding diaryl/α,β-unsaturated/α-hetero) is 1. The van der Waals surface area contributed by atoms with Crippen molar-refractivity contribution in [1.29, 1.82) is 0 Å². The van der Waals surface area contributed by atoms with Crippen molar-refractivity contribution in [3.8, 4) is 11.5 Å². The van der Waals surface area contributed by atoms with E-state index in [0.29, 0.717) is 28.3 Å². The van der Waals surface area contributed by atoms with Crippen LogP contribution in [0.4, 0.5) is 5.13 Å². The lowest BCUT2D eigenvalue weighted by Crippen LogP contribution is -2.29. The zero-order chi connectivity index (χ0) is 25.3. The highest BCUT2D eigenvalue weighted by Crippen LogP contribution is 2.44. The van der Waals surface area contributed by atoms with E-state index < -0.39 is 23.7 Å². The molecule has 1 atom stereocenters. The summed E-state index contributed by atoms with van der Waals surface area (Å²) in [5.41, 5.74) is 1.11. The lowest BCUT2D eigenvalue weighted by atomic mass is 9.95. The van der Waals surface area contributed by atoms with Gasteiger partial charge >= 0.3 is 11.9 Å². The van der Waals surface area contributed by atoms with E-state index in [2.05, 4.69) is 4.98 Å². The Morgan fingerprint density at radius 3 is 2.34 bits per heavy atom. The van der Waals surface area contributed by atoms with Crippen LogP contribution >= 0.6 is 11.3 Å². The molecule has 3 aromatic rings. The molecule has 0 aliphatic carbocycles. The molecule has 0 unspecified atom stereocenters. The van der Waals surface area contributed by atoms with Gasteiger partial charge in [0, 0.05) is 5.56 Å². The summed E-state index contributed by atoms with van der Waals surface area (Å²) in [6.45, 7) is 1.61. The fourth-order valence-electron chi connectivity index (χ4n) is 3.82. The van der Waals surface area contributed by atoms with Gasteiger partial charge in [-0.05, 0) is 36.8 Å². The number of nitrogens with zero attached hydrogens (tertiary/aromatic N) is 2. The van der Waals surface area contributed by atoms with E-state index >= 15 is 0 Å². The van der Waals surface area contributed by atoms with Gasteiger partial charge < -0.3 is 19.3 Å². The molecule has 1 aliphatic rings. The third-order valence-corrected chi connectivity index (χ3v) is 6.72. The van der Waals surface area contributed by atoms with E-state index in [9.17, 15) is 19.5 Å². The summed E-state index contributed by atoms with van der Waals surface area (Å²) in [4.78, 5) is 44.5. The topological polar surface area (TPSA) is 115 Å². The van der Waals surface area contributed by atoms with Gasteiger partial charge in [0.2, 0.25) is 0 Å². The highest BCUT2D eigenvalue weighted by molar-refractivity contribution is 7.17. The summed E-state index contributed by atoms with van der Waals surface area (Å²) in [5.74, 6) is -1.65. The highest BCUT2D eigenvalue weighted by Gasteiger charge is 2.48. The first-order valence-electron chi connectivity index (χ1n) is 10.5. The number of benzene rings is 2. The molecular formula is C25H22N2O7S. The zero-order valence-corrected chi connectivity index (χ0v) is 20.2. The van der Waals surface area contributed by atoms with E-state index in [4.69, 9.17) is 14.2 Å². The Balaban J connectivity index is 1.93. The van der Waals surface area contributed by atoms with Gasteiger partial charge in [-0.15, -0.1) is 0 Å². The fraction of sp³-hybridized carbons (Fsp3) is 0.200. The van der Waals surface area contributed by atoms with Crippen LogP contribution in [0.15, 0.2) is 54.1 Å². The number of carbonyl (C=O) groups is 3. The van der Waals surface area contributed by atoms with Gasteiger partial charge in [-0.1, -0.05) is 35.6 Å². The molecule has 4 rings (SSSR count). The number of anilines is 1. The van der Waals surface area contributed by atoms with Crippen LogP contribution in [-0.4, -0.2) is 49.1 Å². The molecule has 1 N–H and O–H groups in total. The maximum atomic E-state index is 13.3. The van der Waals surface area contributed by atoms with E-state index in [-0.39, 0.29) is 21.3 Å². The summed E-state index contributed by atoms with van der Waals surface area (Å²) in [6.07, 6.45) is 0. The Kier molecular flexibility index (Phi) is 6.57. The minimum Gasteiger partial charge on any atom is -0.507 e. The van der Waals surface area contributed by atoms with Gasteiger partial charge in [0.1, 0.15) is 22.1 Å². The fourth-order valence-corrected chi connectivity index (χ4v) is 4.84. The van der Waals surface area contributed by atoms with Crippen molar-refractivity contribution < 1.29 is 33.7 Å². The second kappa shape index (κ2) is 9.59. The normalized spacial score (nSPS) is 16.9. The molecule has 9 nitrogen and oxygen atoms in total. The predicted molar refractivity (Wildman–Crippen MR) is 129 cm³/mol. The quantitative estimate of drug-likeness (QED) is 0.238. The van der Waals surface area contributed by atoms with Gasteiger partial charge in [-0.25, -0.2) is 9.78 Å². The van der Waals surface area contributed by atoms with Crippen molar-refractivity contribution >= 4 is 39.9 Å². The van der Waals surface area contributed by atoms with Crippen molar-refractivity contribution in [2.45, 2.75) is 13.0 Å². The van der Waals surface area contributed by atoms with Crippen molar-refractivity contribution in [3.63, 3.8) is 0 Å². The van der Waals surface area contributed by atoms with Crippen LogP contribution in [0.1, 0.15) is 32.5 Å². The van der Waals surface area contributed by atoms with Gasteiger partial charge in [0.15, 0.2) is 5.13 Å². The van der Waals surface area contributed by atoms with Crippen LogP contribution in [0.3, 0.4) is 0 Å².